The molecule has 128 valence electrons. The smallest absolute Gasteiger partial charge is 0.187 e. The first kappa shape index (κ1) is 17.9. The SMILES string of the molecule is Br.Cc1ccn2c(-c3csc(Nc4ccccc4Cl)n3)c(C)nc2c1. The van der Waals surface area contributed by atoms with Crippen molar-refractivity contribution in [2.24, 2.45) is 0 Å². The predicted molar refractivity (Wildman–Crippen MR) is 111 cm³/mol. The van der Waals surface area contributed by atoms with Gasteiger partial charge in [-0.2, -0.15) is 0 Å². The molecule has 0 aliphatic carbocycles. The van der Waals surface area contributed by atoms with Crippen LogP contribution in [-0.4, -0.2) is 14.4 Å². The molecular weight excluding hydrogens is 420 g/mol. The van der Waals surface area contributed by atoms with Crippen molar-refractivity contribution in [2.45, 2.75) is 13.8 Å². The number of nitrogens with zero attached hydrogens (tertiary/aromatic N) is 3. The number of hydrogen-bond donors (Lipinski definition) is 1. The third-order valence-electron chi connectivity index (χ3n) is 3.82. The molecule has 1 N–H and O–H groups in total. The van der Waals surface area contributed by atoms with Crippen LogP contribution in [-0.2, 0) is 0 Å². The highest BCUT2D eigenvalue weighted by Crippen LogP contribution is 2.31. The third kappa shape index (κ3) is 3.42. The Kier molecular flexibility index (Phi) is 5.13. The van der Waals surface area contributed by atoms with Gasteiger partial charge in [-0.05, 0) is 43.7 Å². The number of halogens is 2. The Hall–Kier alpha value is -1.89. The largest absolute Gasteiger partial charge is 0.330 e. The van der Waals surface area contributed by atoms with Gasteiger partial charge in [0.25, 0.3) is 0 Å². The highest BCUT2D eigenvalue weighted by molar-refractivity contribution is 8.93. The lowest BCUT2D eigenvalue weighted by Crippen LogP contribution is -1.92. The molecule has 7 heteroatoms. The number of nitrogens with one attached hydrogen (secondary N) is 1. The highest BCUT2D eigenvalue weighted by Gasteiger charge is 2.14. The molecule has 3 heterocycles. The number of hydrogen-bond acceptors (Lipinski definition) is 4. The van der Waals surface area contributed by atoms with Gasteiger partial charge in [0.1, 0.15) is 11.3 Å². The summed E-state index contributed by atoms with van der Waals surface area (Å²) in [5.41, 5.74) is 5.88. The van der Waals surface area contributed by atoms with Crippen LogP contribution in [0.15, 0.2) is 48.0 Å². The van der Waals surface area contributed by atoms with Crippen molar-refractivity contribution in [1.29, 1.82) is 0 Å². The first-order valence-corrected chi connectivity index (χ1v) is 8.80. The standard InChI is InChI=1S/C18H15ClN4S.BrH/c1-11-7-8-23-16(9-11)20-12(2)17(23)15-10-24-18(22-15)21-14-6-4-3-5-13(14)19;/h3-10H,1-2H3,(H,21,22);1H. The van der Waals surface area contributed by atoms with Crippen LogP contribution in [0.1, 0.15) is 11.3 Å². The zero-order chi connectivity index (χ0) is 16.7. The minimum absolute atomic E-state index is 0. The second kappa shape index (κ2) is 7.15. The molecule has 0 fully saturated rings. The van der Waals surface area contributed by atoms with E-state index in [0.717, 1.165) is 33.5 Å². The Bertz CT molecular complexity index is 1040. The third-order valence-corrected chi connectivity index (χ3v) is 4.91. The molecule has 3 aromatic heterocycles. The van der Waals surface area contributed by atoms with Crippen LogP contribution in [0.5, 0.6) is 0 Å². The maximum absolute atomic E-state index is 6.20. The molecule has 0 saturated carbocycles. The number of para-hydroxylation sites is 1. The summed E-state index contributed by atoms with van der Waals surface area (Å²) in [7, 11) is 0. The van der Waals surface area contributed by atoms with Crippen molar-refractivity contribution in [3.05, 3.63) is 64.3 Å². The van der Waals surface area contributed by atoms with E-state index in [0.29, 0.717) is 5.02 Å². The van der Waals surface area contributed by atoms with Crippen LogP contribution in [0.3, 0.4) is 0 Å². The van der Waals surface area contributed by atoms with Crippen molar-refractivity contribution in [2.75, 3.05) is 5.32 Å². The number of thiazole rings is 1. The summed E-state index contributed by atoms with van der Waals surface area (Å²) in [6.07, 6.45) is 2.04. The number of imidazole rings is 1. The van der Waals surface area contributed by atoms with Crippen LogP contribution in [0.25, 0.3) is 17.0 Å². The lowest BCUT2D eigenvalue weighted by Gasteiger charge is -2.04. The number of pyridine rings is 1. The first-order chi connectivity index (χ1) is 11.6. The Morgan fingerprint density at radius 3 is 2.72 bits per heavy atom. The minimum Gasteiger partial charge on any atom is -0.330 e. The summed E-state index contributed by atoms with van der Waals surface area (Å²) in [5.74, 6) is 0. The molecular formula is C18H16BrClN4S. The maximum atomic E-state index is 6.20. The first-order valence-electron chi connectivity index (χ1n) is 7.54. The molecule has 0 spiro atoms. The van der Waals surface area contributed by atoms with Crippen molar-refractivity contribution in [1.82, 2.24) is 14.4 Å². The molecule has 0 aliphatic heterocycles. The molecule has 4 rings (SSSR count). The van der Waals surface area contributed by atoms with E-state index >= 15 is 0 Å². The summed E-state index contributed by atoms with van der Waals surface area (Å²) in [6.45, 7) is 4.08. The van der Waals surface area contributed by atoms with Gasteiger partial charge in [-0.1, -0.05) is 23.7 Å². The van der Waals surface area contributed by atoms with E-state index in [9.17, 15) is 0 Å². The molecule has 1 aromatic carbocycles. The van der Waals surface area contributed by atoms with E-state index in [1.54, 1.807) is 11.3 Å². The molecule has 0 radical (unpaired) electrons. The monoisotopic (exact) mass is 434 g/mol. The molecule has 0 bridgehead atoms. The normalized spacial score (nSPS) is 10.7. The number of rotatable bonds is 3. The quantitative estimate of drug-likeness (QED) is 0.426. The topological polar surface area (TPSA) is 42.2 Å². The zero-order valence-electron chi connectivity index (χ0n) is 13.7. The van der Waals surface area contributed by atoms with Crippen LogP contribution < -0.4 is 5.32 Å². The molecule has 0 aliphatic rings. The summed E-state index contributed by atoms with van der Waals surface area (Å²) in [5, 5.41) is 6.80. The second-order valence-electron chi connectivity index (χ2n) is 5.62. The van der Waals surface area contributed by atoms with Crippen molar-refractivity contribution < 1.29 is 0 Å². The fourth-order valence-electron chi connectivity index (χ4n) is 2.69. The van der Waals surface area contributed by atoms with Gasteiger partial charge in [-0.15, -0.1) is 28.3 Å². The van der Waals surface area contributed by atoms with Gasteiger partial charge in [-0.25, -0.2) is 9.97 Å². The summed E-state index contributed by atoms with van der Waals surface area (Å²) < 4.78 is 2.08. The van der Waals surface area contributed by atoms with Gasteiger partial charge in [-0.3, -0.25) is 4.40 Å². The average molecular weight is 436 g/mol. The summed E-state index contributed by atoms with van der Waals surface area (Å²) in [4.78, 5) is 9.35. The van der Waals surface area contributed by atoms with E-state index in [1.807, 2.05) is 42.8 Å². The lowest BCUT2D eigenvalue weighted by atomic mass is 10.2. The van der Waals surface area contributed by atoms with Crippen molar-refractivity contribution in [3.63, 3.8) is 0 Å². The Morgan fingerprint density at radius 1 is 1.12 bits per heavy atom. The fraction of sp³-hybridized carbons (Fsp3) is 0.111. The van der Waals surface area contributed by atoms with Gasteiger partial charge >= 0.3 is 0 Å². The van der Waals surface area contributed by atoms with Gasteiger partial charge in [0.2, 0.25) is 0 Å². The molecule has 4 aromatic rings. The van der Waals surface area contributed by atoms with Gasteiger partial charge in [0, 0.05) is 11.6 Å². The zero-order valence-corrected chi connectivity index (χ0v) is 16.9. The van der Waals surface area contributed by atoms with E-state index in [2.05, 4.69) is 33.8 Å². The van der Waals surface area contributed by atoms with Crippen LogP contribution >= 0.6 is 39.9 Å². The predicted octanol–water partition coefficient (Wildman–Crippen LogP) is 6.05. The van der Waals surface area contributed by atoms with Gasteiger partial charge < -0.3 is 5.32 Å². The number of anilines is 2. The Morgan fingerprint density at radius 2 is 1.92 bits per heavy atom. The van der Waals surface area contributed by atoms with Gasteiger partial charge in [0.15, 0.2) is 5.13 Å². The van der Waals surface area contributed by atoms with Crippen molar-refractivity contribution in [3.8, 4) is 11.4 Å². The maximum Gasteiger partial charge on any atom is 0.187 e. The molecule has 0 atom stereocenters. The number of aryl methyl sites for hydroxylation is 2. The molecule has 4 nitrogen and oxygen atoms in total. The fourth-order valence-corrected chi connectivity index (χ4v) is 3.58. The van der Waals surface area contributed by atoms with Gasteiger partial charge in [0.05, 0.1) is 22.1 Å². The van der Waals surface area contributed by atoms with Crippen molar-refractivity contribution >= 4 is 56.4 Å². The van der Waals surface area contributed by atoms with Crippen LogP contribution in [0.2, 0.25) is 5.02 Å². The summed E-state index contributed by atoms with van der Waals surface area (Å²) >= 11 is 7.75. The molecule has 0 saturated heterocycles. The van der Waals surface area contributed by atoms with Crippen LogP contribution in [0, 0.1) is 13.8 Å². The van der Waals surface area contributed by atoms with E-state index < -0.39 is 0 Å². The van der Waals surface area contributed by atoms with E-state index in [1.165, 1.54) is 5.56 Å². The number of fused-ring (bicyclic) bond motifs is 1. The molecule has 0 unspecified atom stereocenters. The van der Waals surface area contributed by atoms with Crippen LogP contribution in [0.4, 0.5) is 10.8 Å². The number of benzene rings is 1. The Labute approximate surface area is 165 Å². The minimum atomic E-state index is 0. The summed E-state index contributed by atoms with van der Waals surface area (Å²) in [6, 6.07) is 11.8. The Balaban J connectivity index is 0.00000182. The molecule has 25 heavy (non-hydrogen) atoms. The molecule has 0 amide bonds. The average Bonchev–Trinajstić information content (AvgIpc) is 3.12. The number of aromatic nitrogens is 3. The second-order valence-corrected chi connectivity index (χ2v) is 6.89. The lowest BCUT2D eigenvalue weighted by molar-refractivity contribution is 1.16. The highest BCUT2D eigenvalue weighted by atomic mass is 79.9. The van der Waals surface area contributed by atoms with E-state index in [-0.39, 0.29) is 17.0 Å². The van der Waals surface area contributed by atoms with E-state index in [4.69, 9.17) is 16.6 Å².